The molecule has 0 bridgehead atoms. The molecule has 0 aliphatic heterocycles. The van der Waals surface area contributed by atoms with Crippen molar-refractivity contribution in [1.29, 1.82) is 0 Å². The van der Waals surface area contributed by atoms with Crippen molar-refractivity contribution in [1.82, 2.24) is 19.6 Å². The number of sulfonamides is 1. The summed E-state index contributed by atoms with van der Waals surface area (Å²) in [6, 6.07) is 3.63. The van der Waals surface area contributed by atoms with E-state index in [-0.39, 0.29) is 58.5 Å². The number of carbonyl (C=O) groups excluding carboxylic acids is 3. The SMILES string of the molecule is COC(=O)Nc1ccc(C(=O)N(C)C)c(S(=O)(=O)NC(=O)Nc2nc(OC)cc(OC)n2)c1.[NaH]. The van der Waals surface area contributed by atoms with Crippen molar-refractivity contribution in [3.8, 4) is 11.8 Å². The van der Waals surface area contributed by atoms with Crippen molar-refractivity contribution in [3.63, 3.8) is 0 Å². The summed E-state index contributed by atoms with van der Waals surface area (Å²) in [5, 5.41) is 4.44. The van der Waals surface area contributed by atoms with E-state index in [0.29, 0.717) is 0 Å². The van der Waals surface area contributed by atoms with Gasteiger partial charge in [-0.05, 0) is 18.2 Å². The first-order valence-electron chi connectivity index (χ1n) is 9.02. The Kier molecular flexibility index (Phi) is 10.5. The molecule has 0 spiro atoms. The minimum absolute atomic E-state index is 0. The second kappa shape index (κ2) is 12.4. The molecule has 14 nitrogen and oxygen atoms in total. The van der Waals surface area contributed by atoms with Gasteiger partial charge in [0.05, 0.1) is 33.0 Å². The van der Waals surface area contributed by atoms with Gasteiger partial charge < -0.3 is 19.1 Å². The van der Waals surface area contributed by atoms with Crippen molar-refractivity contribution in [2.24, 2.45) is 0 Å². The number of benzene rings is 1. The molecular weight excluding hydrogens is 483 g/mol. The zero-order valence-electron chi connectivity index (χ0n) is 18.3. The van der Waals surface area contributed by atoms with E-state index in [1.807, 2.05) is 0 Å². The molecule has 1 aromatic carbocycles. The fourth-order valence-electron chi connectivity index (χ4n) is 2.38. The Morgan fingerprint density at radius 1 is 0.941 bits per heavy atom. The second-order valence-electron chi connectivity index (χ2n) is 6.36. The van der Waals surface area contributed by atoms with Crippen molar-refractivity contribution in [3.05, 3.63) is 29.8 Å². The zero-order valence-corrected chi connectivity index (χ0v) is 19.1. The van der Waals surface area contributed by atoms with E-state index in [2.05, 4.69) is 25.3 Å². The molecular formula is C18H23N6NaO8S. The molecule has 0 saturated heterocycles. The maximum absolute atomic E-state index is 13.0. The molecule has 34 heavy (non-hydrogen) atoms. The number of urea groups is 1. The number of methoxy groups -OCH3 is 3. The Labute approximate surface area is 217 Å². The number of amides is 4. The summed E-state index contributed by atoms with van der Waals surface area (Å²) in [5.41, 5.74) is -0.228. The molecule has 180 valence electrons. The van der Waals surface area contributed by atoms with Crippen LogP contribution in [-0.4, -0.2) is 106 Å². The van der Waals surface area contributed by atoms with Crippen molar-refractivity contribution in [2.45, 2.75) is 4.90 Å². The number of hydrogen-bond acceptors (Lipinski definition) is 10. The quantitative estimate of drug-likeness (QED) is 0.440. The topological polar surface area (TPSA) is 178 Å². The van der Waals surface area contributed by atoms with Crippen molar-refractivity contribution >= 4 is 69.2 Å². The molecule has 0 atom stereocenters. The summed E-state index contributed by atoms with van der Waals surface area (Å²) >= 11 is 0. The van der Waals surface area contributed by atoms with Crippen LogP contribution >= 0.6 is 0 Å². The summed E-state index contributed by atoms with van der Waals surface area (Å²) in [7, 11) is 2.02. The number of rotatable bonds is 7. The van der Waals surface area contributed by atoms with Gasteiger partial charge in [0.15, 0.2) is 0 Å². The molecule has 2 aromatic rings. The van der Waals surface area contributed by atoms with E-state index in [0.717, 1.165) is 18.1 Å². The van der Waals surface area contributed by atoms with Gasteiger partial charge in [-0.1, -0.05) is 0 Å². The van der Waals surface area contributed by atoms with Gasteiger partial charge in [-0.3, -0.25) is 15.4 Å². The first-order valence-corrected chi connectivity index (χ1v) is 10.5. The zero-order chi connectivity index (χ0) is 24.8. The Balaban J connectivity index is 0.00000578. The number of nitrogens with one attached hydrogen (secondary N) is 3. The molecule has 0 aliphatic rings. The summed E-state index contributed by atoms with van der Waals surface area (Å²) in [4.78, 5) is 44.7. The standard InChI is InChI=1S/C18H22N6O8S.Na.H/c1-24(2)15(25)11-7-6-10(19-18(27)32-5)8-12(11)33(28,29)23-17(26)22-16-20-13(30-3)9-14(21-16)31-4;;/h6-9H,1-5H3,(H,19,27)(H2,20,21,22,23,26);;. The van der Waals surface area contributed by atoms with Gasteiger partial charge in [0, 0.05) is 19.8 Å². The van der Waals surface area contributed by atoms with Crippen molar-refractivity contribution in [2.75, 3.05) is 46.1 Å². The molecule has 4 amide bonds. The molecule has 0 fully saturated rings. The van der Waals surface area contributed by atoms with Crippen LogP contribution in [0.5, 0.6) is 11.8 Å². The van der Waals surface area contributed by atoms with Crippen LogP contribution < -0.4 is 24.8 Å². The van der Waals surface area contributed by atoms with Gasteiger partial charge in [0.25, 0.3) is 15.9 Å². The van der Waals surface area contributed by atoms with Crippen LogP contribution in [0.1, 0.15) is 10.4 Å². The van der Waals surface area contributed by atoms with E-state index in [1.165, 1.54) is 46.5 Å². The third kappa shape index (κ3) is 7.44. The number of anilines is 2. The van der Waals surface area contributed by atoms with Crippen LogP contribution in [0.15, 0.2) is 29.2 Å². The number of nitrogens with zero attached hydrogens (tertiary/aromatic N) is 3. The fourth-order valence-corrected chi connectivity index (χ4v) is 3.51. The number of hydrogen-bond donors (Lipinski definition) is 3. The predicted octanol–water partition coefficient (Wildman–Crippen LogP) is 0.236. The number of aromatic nitrogens is 2. The fraction of sp³-hybridized carbons (Fsp3) is 0.278. The third-order valence-electron chi connectivity index (χ3n) is 3.89. The average molecular weight is 506 g/mol. The maximum atomic E-state index is 13.0. The van der Waals surface area contributed by atoms with Crippen LogP contribution in [0, 0.1) is 0 Å². The van der Waals surface area contributed by atoms with Crippen LogP contribution in [-0.2, 0) is 14.8 Å². The Morgan fingerprint density at radius 3 is 2.03 bits per heavy atom. The minimum atomic E-state index is -4.60. The van der Waals surface area contributed by atoms with E-state index in [1.54, 1.807) is 4.72 Å². The summed E-state index contributed by atoms with van der Waals surface area (Å²) in [5.74, 6) is -0.841. The van der Waals surface area contributed by atoms with E-state index >= 15 is 0 Å². The summed E-state index contributed by atoms with van der Waals surface area (Å²) in [6.45, 7) is 0. The number of carbonyl (C=O) groups is 3. The average Bonchev–Trinajstić information content (AvgIpc) is 2.77. The third-order valence-corrected chi connectivity index (χ3v) is 5.26. The van der Waals surface area contributed by atoms with Gasteiger partial charge in [-0.25, -0.2) is 22.7 Å². The number of ether oxygens (including phenoxy) is 3. The predicted molar refractivity (Wildman–Crippen MR) is 122 cm³/mol. The summed E-state index contributed by atoms with van der Waals surface area (Å²) in [6.07, 6.45) is -0.861. The molecule has 1 aromatic heterocycles. The molecule has 0 aliphatic carbocycles. The molecule has 3 N–H and O–H groups in total. The Morgan fingerprint density at radius 2 is 1.53 bits per heavy atom. The monoisotopic (exact) mass is 506 g/mol. The first kappa shape index (κ1) is 28.9. The Hall–Kier alpha value is -3.14. The van der Waals surface area contributed by atoms with Gasteiger partial charge >= 0.3 is 41.7 Å². The second-order valence-corrected chi connectivity index (χ2v) is 8.01. The van der Waals surface area contributed by atoms with Crippen LogP contribution in [0.25, 0.3) is 0 Å². The van der Waals surface area contributed by atoms with Gasteiger partial charge in [-0.2, -0.15) is 9.97 Å². The molecule has 1 heterocycles. The van der Waals surface area contributed by atoms with E-state index in [4.69, 9.17) is 9.47 Å². The van der Waals surface area contributed by atoms with Gasteiger partial charge in [0.1, 0.15) is 4.90 Å². The van der Waals surface area contributed by atoms with Crippen LogP contribution in [0.3, 0.4) is 0 Å². The Bertz CT molecular complexity index is 1150. The van der Waals surface area contributed by atoms with E-state index in [9.17, 15) is 22.8 Å². The first-order chi connectivity index (χ1) is 15.5. The molecule has 2 rings (SSSR count). The molecule has 16 heteroatoms. The van der Waals surface area contributed by atoms with Crippen LogP contribution in [0.4, 0.5) is 21.2 Å². The summed E-state index contributed by atoms with van der Waals surface area (Å²) < 4.78 is 42.1. The normalized spacial score (nSPS) is 10.3. The molecule has 0 unspecified atom stereocenters. The van der Waals surface area contributed by atoms with Crippen molar-refractivity contribution < 1.29 is 37.0 Å². The molecule has 0 saturated carbocycles. The van der Waals surface area contributed by atoms with E-state index < -0.39 is 33.0 Å². The molecule has 0 radical (unpaired) electrons. The van der Waals surface area contributed by atoms with Crippen LogP contribution in [0.2, 0.25) is 0 Å². The van der Waals surface area contributed by atoms with Gasteiger partial charge in [0.2, 0.25) is 17.7 Å². The van der Waals surface area contributed by atoms with Gasteiger partial charge in [-0.15, -0.1) is 0 Å².